The SMILES string of the molecule is N#Cc1ccc(NCc2ccccc2O)c(Br)c1. The zero-order valence-corrected chi connectivity index (χ0v) is 11.1. The van der Waals surface area contributed by atoms with Crippen molar-refractivity contribution in [2.75, 3.05) is 5.32 Å². The molecule has 0 fully saturated rings. The Morgan fingerprint density at radius 1 is 1.22 bits per heavy atom. The Bertz CT molecular complexity index is 605. The van der Waals surface area contributed by atoms with Crippen molar-refractivity contribution < 1.29 is 5.11 Å². The van der Waals surface area contributed by atoms with E-state index in [4.69, 9.17) is 5.26 Å². The molecule has 0 aliphatic rings. The molecule has 2 N–H and O–H groups in total. The van der Waals surface area contributed by atoms with Crippen LogP contribution in [0.3, 0.4) is 0 Å². The Kier molecular flexibility index (Phi) is 3.85. The molecule has 0 aliphatic carbocycles. The minimum absolute atomic E-state index is 0.273. The predicted octanol–water partition coefficient (Wildman–Crippen LogP) is 3.64. The number of nitriles is 1. The Morgan fingerprint density at radius 3 is 2.67 bits per heavy atom. The highest BCUT2D eigenvalue weighted by atomic mass is 79.9. The van der Waals surface area contributed by atoms with Crippen LogP contribution in [0.1, 0.15) is 11.1 Å². The summed E-state index contributed by atoms with van der Waals surface area (Å²) in [5.41, 5.74) is 2.32. The van der Waals surface area contributed by atoms with Crippen LogP contribution in [0.2, 0.25) is 0 Å². The molecule has 0 aliphatic heterocycles. The lowest BCUT2D eigenvalue weighted by Gasteiger charge is -2.09. The van der Waals surface area contributed by atoms with Crippen LogP contribution in [0, 0.1) is 11.3 Å². The lowest BCUT2D eigenvalue weighted by molar-refractivity contribution is 0.469. The first kappa shape index (κ1) is 12.5. The lowest BCUT2D eigenvalue weighted by Crippen LogP contribution is -2.00. The summed E-state index contributed by atoms with van der Waals surface area (Å²) in [6.07, 6.45) is 0. The molecular formula is C14H11BrN2O. The summed E-state index contributed by atoms with van der Waals surface area (Å²) < 4.78 is 0.831. The molecule has 0 bridgehead atoms. The smallest absolute Gasteiger partial charge is 0.120 e. The maximum atomic E-state index is 9.65. The standard InChI is InChI=1S/C14H11BrN2O/c15-12-7-10(8-16)5-6-13(12)17-9-11-3-1-2-4-14(11)18/h1-7,17-18H,9H2. The number of hydrogen-bond donors (Lipinski definition) is 2. The largest absolute Gasteiger partial charge is 0.508 e. The summed E-state index contributed by atoms with van der Waals surface area (Å²) in [6, 6.07) is 14.6. The highest BCUT2D eigenvalue weighted by molar-refractivity contribution is 9.10. The van der Waals surface area contributed by atoms with Gasteiger partial charge in [-0.15, -0.1) is 0 Å². The van der Waals surface area contributed by atoms with Gasteiger partial charge in [0, 0.05) is 22.3 Å². The maximum absolute atomic E-state index is 9.65. The number of nitrogens with zero attached hydrogens (tertiary/aromatic N) is 1. The van der Waals surface area contributed by atoms with Crippen molar-refractivity contribution in [1.82, 2.24) is 0 Å². The Morgan fingerprint density at radius 2 is 2.00 bits per heavy atom. The average molecular weight is 303 g/mol. The summed E-state index contributed by atoms with van der Waals surface area (Å²) in [6.45, 7) is 0.525. The number of para-hydroxylation sites is 1. The number of benzene rings is 2. The third-order valence-corrected chi connectivity index (χ3v) is 3.22. The van der Waals surface area contributed by atoms with Crippen molar-refractivity contribution in [1.29, 1.82) is 5.26 Å². The molecule has 2 rings (SSSR count). The van der Waals surface area contributed by atoms with Gasteiger partial charge in [-0.2, -0.15) is 5.26 Å². The summed E-state index contributed by atoms with van der Waals surface area (Å²) in [7, 11) is 0. The van der Waals surface area contributed by atoms with Crippen LogP contribution in [-0.2, 0) is 6.54 Å². The van der Waals surface area contributed by atoms with Gasteiger partial charge < -0.3 is 10.4 Å². The van der Waals surface area contributed by atoms with Gasteiger partial charge in [0.1, 0.15) is 5.75 Å². The monoisotopic (exact) mass is 302 g/mol. The van der Waals surface area contributed by atoms with E-state index in [1.807, 2.05) is 18.2 Å². The number of rotatable bonds is 3. The second kappa shape index (κ2) is 5.56. The van der Waals surface area contributed by atoms with Gasteiger partial charge in [0.05, 0.1) is 11.6 Å². The Balaban J connectivity index is 2.12. The number of aromatic hydroxyl groups is 1. The topological polar surface area (TPSA) is 56.0 Å². The fourth-order valence-corrected chi connectivity index (χ4v) is 2.10. The van der Waals surface area contributed by atoms with E-state index < -0.39 is 0 Å². The maximum Gasteiger partial charge on any atom is 0.120 e. The molecule has 3 nitrogen and oxygen atoms in total. The molecule has 0 heterocycles. The number of hydrogen-bond acceptors (Lipinski definition) is 3. The molecule has 18 heavy (non-hydrogen) atoms. The van der Waals surface area contributed by atoms with Gasteiger partial charge in [-0.25, -0.2) is 0 Å². The zero-order valence-electron chi connectivity index (χ0n) is 9.52. The molecule has 0 saturated carbocycles. The van der Waals surface area contributed by atoms with Gasteiger partial charge in [-0.3, -0.25) is 0 Å². The fraction of sp³-hybridized carbons (Fsp3) is 0.0714. The van der Waals surface area contributed by atoms with Gasteiger partial charge in [0.25, 0.3) is 0 Å². The molecular weight excluding hydrogens is 292 g/mol. The lowest BCUT2D eigenvalue weighted by atomic mass is 10.2. The second-order valence-electron chi connectivity index (χ2n) is 3.79. The van der Waals surface area contributed by atoms with E-state index in [-0.39, 0.29) is 5.75 Å². The van der Waals surface area contributed by atoms with Gasteiger partial charge in [-0.1, -0.05) is 18.2 Å². The number of nitrogens with one attached hydrogen (secondary N) is 1. The molecule has 0 saturated heterocycles. The average Bonchev–Trinajstić information content (AvgIpc) is 2.39. The molecule has 0 radical (unpaired) electrons. The number of halogens is 1. The van der Waals surface area contributed by atoms with Crippen molar-refractivity contribution >= 4 is 21.6 Å². The third kappa shape index (κ3) is 2.82. The van der Waals surface area contributed by atoms with Crippen LogP contribution in [0.5, 0.6) is 5.75 Å². The van der Waals surface area contributed by atoms with Gasteiger partial charge in [0.2, 0.25) is 0 Å². The Labute approximate surface area is 114 Å². The van der Waals surface area contributed by atoms with E-state index in [0.717, 1.165) is 15.7 Å². The number of phenols is 1. The first-order valence-corrected chi connectivity index (χ1v) is 6.20. The first-order chi connectivity index (χ1) is 8.70. The second-order valence-corrected chi connectivity index (χ2v) is 4.64. The molecule has 4 heteroatoms. The van der Waals surface area contributed by atoms with Gasteiger partial charge in [-0.05, 0) is 40.2 Å². The van der Waals surface area contributed by atoms with Gasteiger partial charge in [0.15, 0.2) is 0 Å². The van der Waals surface area contributed by atoms with Crippen LogP contribution < -0.4 is 5.32 Å². The van der Waals surface area contributed by atoms with Crippen LogP contribution in [-0.4, -0.2) is 5.11 Å². The van der Waals surface area contributed by atoms with E-state index in [1.165, 1.54) is 0 Å². The molecule has 2 aromatic carbocycles. The van der Waals surface area contributed by atoms with E-state index in [1.54, 1.807) is 24.3 Å². The van der Waals surface area contributed by atoms with Crippen molar-refractivity contribution in [3.05, 3.63) is 58.1 Å². The van der Waals surface area contributed by atoms with Crippen LogP contribution in [0.15, 0.2) is 46.9 Å². The van der Waals surface area contributed by atoms with Crippen molar-refractivity contribution in [3.63, 3.8) is 0 Å². The van der Waals surface area contributed by atoms with Crippen LogP contribution >= 0.6 is 15.9 Å². The predicted molar refractivity (Wildman–Crippen MR) is 74.3 cm³/mol. The molecule has 2 aromatic rings. The molecule has 0 unspecified atom stereocenters. The van der Waals surface area contributed by atoms with Gasteiger partial charge >= 0.3 is 0 Å². The molecule has 90 valence electrons. The summed E-state index contributed by atoms with van der Waals surface area (Å²) >= 11 is 3.40. The third-order valence-electron chi connectivity index (χ3n) is 2.56. The first-order valence-electron chi connectivity index (χ1n) is 5.41. The zero-order chi connectivity index (χ0) is 13.0. The molecule has 0 atom stereocenters. The van der Waals surface area contributed by atoms with Crippen LogP contribution in [0.25, 0.3) is 0 Å². The fourth-order valence-electron chi connectivity index (χ4n) is 1.58. The molecule has 0 spiro atoms. The molecule has 0 aromatic heterocycles. The van der Waals surface area contributed by atoms with Crippen molar-refractivity contribution in [3.8, 4) is 11.8 Å². The quantitative estimate of drug-likeness (QED) is 0.910. The van der Waals surface area contributed by atoms with E-state index in [9.17, 15) is 5.11 Å². The highest BCUT2D eigenvalue weighted by Crippen LogP contribution is 2.25. The highest BCUT2D eigenvalue weighted by Gasteiger charge is 2.03. The normalized spacial score (nSPS) is 9.78. The van der Waals surface area contributed by atoms with E-state index in [2.05, 4.69) is 27.3 Å². The minimum Gasteiger partial charge on any atom is -0.508 e. The molecule has 0 amide bonds. The summed E-state index contributed by atoms with van der Waals surface area (Å²) in [5, 5.41) is 21.6. The summed E-state index contributed by atoms with van der Waals surface area (Å²) in [5.74, 6) is 0.273. The minimum atomic E-state index is 0.273. The Hall–Kier alpha value is -1.99. The van der Waals surface area contributed by atoms with E-state index in [0.29, 0.717) is 12.1 Å². The van der Waals surface area contributed by atoms with E-state index >= 15 is 0 Å². The number of anilines is 1. The van der Waals surface area contributed by atoms with Crippen molar-refractivity contribution in [2.24, 2.45) is 0 Å². The van der Waals surface area contributed by atoms with Crippen molar-refractivity contribution in [2.45, 2.75) is 6.54 Å². The van der Waals surface area contributed by atoms with Crippen LogP contribution in [0.4, 0.5) is 5.69 Å². The number of phenolic OH excluding ortho intramolecular Hbond substituents is 1. The summed E-state index contributed by atoms with van der Waals surface area (Å²) in [4.78, 5) is 0.